The number of aromatic nitrogens is 2. The third-order valence-corrected chi connectivity index (χ3v) is 5.75. The fourth-order valence-electron chi connectivity index (χ4n) is 3.89. The average Bonchev–Trinajstić information content (AvgIpc) is 2.87. The predicted molar refractivity (Wildman–Crippen MR) is 136 cm³/mol. The van der Waals surface area contributed by atoms with Crippen LogP contribution in [0.4, 0.5) is 11.5 Å². The number of nitrogens with one attached hydrogen (secondary N) is 1. The van der Waals surface area contributed by atoms with Crippen LogP contribution in [0.1, 0.15) is 27.0 Å². The molecule has 0 aliphatic rings. The molecule has 178 valence electrons. The molecule has 8 nitrogen and oxygen atoms in total. The maximum Gasteiger partial charge on any atom is 0.330 e. The second-order valence-electron chi connectivity index (χ2n) is 8.13. The zero-order chi connectivity index (χ0) is 24.9. The second-order valence-corrected chi connectivity index (χ2v) is 8.13. The number of hydrogen-bond acceptors (Lipinski definition) is 5. The van der Waals surface area contributed by atoms with E-state index in [0.717, 1.165) is 16.7 Å². The highest BCUT2D eigenvalue weighted by Crippen LogP contribution is 2.25. The number of hydrogen-bond donors (Lipinski definition) is 2. The third kappa shape index (κ3) is 5.01. The Morgan fingerprint density at radius 3 is 2.23 bits per heavy atom. The lowest BCUT2D eigenvalue weighted by molar-refractivity contribution is 0.0984. The van der Waals surface area contributed by atoms with Gasteiger partial charge in [0.1, 0.15) is 11.6 Å². The first kappa shape index (κ1) is 23.6. The van der Waals surface area contributed by atoms with E-state index in [-0.39, 0.29) is 24.6 Å². The molecule has 0 bridgehead atoms. The Morgan fingerprint density at radius 2 is 1.60 bits per heavy atom. The summed E-state index contributed by atoms with van der Waals surface area (Å²) in [5.74, 6) is 0.00617. The van der Waals surface area contributed by atoms with Gasteiger partial charge in [0.05, 0.1) is 20.2 Å². The molecular formula is C27H26N4O4. The molecule has 0 unspecified atom stereocenters. The Kier molecular flexibility index (Phi) is 6.82. The van der Waals surface area contributed by atoms with Gasteiger partial charge in [0.15, 0.2) is 5.69 Å². The number of amides is 1. The minimum atomic E-state index is -0.736. The second kappa shape index (κ2) is 10.1. The number of rotatable bonds is 7. The first-order valence-electron chi connectivity index (χ1n) is 11.1. The van der Waals surface area contributed by atoms with Crippen molar-refractivity contribution in [2.24, 2.45) is 0 Å². The molecule has 0 fully saturated rings. The standard InChI is InChI=1S/C27H26N4O4/c1-18-13-14-21(15-22(18)35-2)26(33)30(16-19-9-5-3-6-10-19)23-24(28)31(27(34)29-25(23)32)17-20-11-7-4-8-12-20/h3-15H,16-17,28H2,1-2H3,(H,29,32,34). The summed E-state index contributed by atoms with van der Waals surface area (Å²) >= 11 is 0. The number of nitrogens with two attached hydrogens (primary N) is 1. The highest BCUT2D eigenvalue weighted by atomic mass is 16.5. The lowest BCUT2D eigenvalue weighted by Gasteiger charge is -2.25. The molecule has 35 heavy (non-hydrogen) atoms. The number of nitrogens with zero attached hydrogens (tertiary/aromatic N) is 2. The largest absolute Gasteiger partial charge is 0.496 e. The van der Waals surface area contributed by atoms with Crippen LogP contribution in [0.5, 0.6) is 5.75 Å². The normalized spacial score (nSPS) is 10.7. The summed E-state index contributed by atoms with van der Waals surface area (Å²) in [7, 11) is 1.53. The van der Waals surface area contributed by atoms with Crippen LogP contribution in [0, 0.1) is 6.92 Å². The van der Waals surface area contributed by atoms with Crippen LogP contribution in [0.3, 0.4) is 0 Å². The van der Waals surface area contributed by atoms with Crippen molar-refractivity contribution in [1.82, 2.24) is 9.55 Å². The highest BCUT2D eigenvalue weighted by Gasteiger charge is 2.26. The Hall–Kier alpha value is -4.59. The summed E-state index contributed by atoms with van der Waals surface area (Å²) in [5, 5.41) is 0. The van der Waals surface area contributed by atoms with Crippen molar-refractivity contribution in [1.29, 1.82) is 0 Å². The van der Waals surface area contributed by atoms with Crippen molar-refractivity contribution in [3.8, 4) is 5.75 Å². The van der Waals surface area contributed by atoms with Gasteiger partial charge >= 0.3 is 5.69 Å². The van der Waals surface area contributed by atoms with Crippen molar-refractivity contribution in [2.45, 2.75) is 20.0 Å². The van der Waals surface area contributed by atoms with Crippen LogP contribution in [-0.2, 0) is 13.1 Å². The number of H-pyrrole nitrogens is 1. The number of carbonyl (C=O) groups excluding carboxylic acids is 1. The molecule has 0 saturated heterocycles. The van der Waals surface area contributed by atoms with Crippen LogP contribution in [0.15, 0.2) is 88.5 Å². The van der Waals surface area contributed by atoms with Crippen LogP contribution in [0.2, 0.25) is 0 Å². The fraction of sp³-hybridized carbons (Fsp3) is 0.148. The van der Waals surface area contributed by atoms with Crippen LogP contribution < -0.4 is 26.6 Å². The molecule has 0 spiro atoms. The summed E-state index contributed by atoms with van der Waals surface area (Å²) in [6, 6.07) is 23.6. The summed E-state index contributed by atoms with van der Waals surface area (Å²) in [5.41, 5.74) is 7.74. The van der Waals surface area contributed by atoms with E-state index in [1.54, 1.807) is 18.2 Å². The van der Waals surface area contributed by atoms with Gasteiger partial charge in [-0.1, -0.05) is 66.7 Å². The molecule has 0 atom stereocenters. The third-order valence-electron chi connectivity index (χ3n) is 5.75. The van der Waals surface area contributed by atoms with Gasteiger partial charge in [-0.05, 0) is 35.7 Å². The maximum absolute atomic E-state index is 13.8. The number of methoxy groups -OCH3 is 1. The summed E-state index contributed by atoms with van der Waals surface area (Å²) in [6.07, 6.45) is 0. The molecule has 0 saturated carbocycles. The summed E-state index contributed by atoms with van der Waals surface area (Å²) < 4.78 is 6.64. The SMILES string of the molecule is COc1cc(C(=O)N(Cc2ccccc2)c2c(N)n(Cc3ccccc3)c(=O)[nH]c2=O)ccc1C. The number of aryl methyl sites for hydroxylation is 1. The molecule has 8 heteroatoms. The first-order valence-corrected chi connectivity index (χ1v) is 11.1. The topological polar surface area (TPSA) is 110 Å². The van der Waals surface area contributed by atoms with Crippen molar-refractivity contribution >= 4 is 17.4 Å². The number of nitrogen functional groups attached to an aromatic ring is 1. The lowest BCUT2D eigenvalue weighted by Crippen LogP contribution is -2.41. The van der Waals surface area contributed by atoms with Gasteiger partial charge in [-0.15, -0.1) is 0 Å². The highest BCUT2D eigenvalue weighted by molar-refractivity contribution is 6.07. The van der Waals surface area contributed by atoms with Gasteiger partial charge in [-0.3, -0.25) is 24.0 Å². The van der Waals surface area contributed by atoms with E-state index < -0.39 is 17.2 Å². The average molecular weight is 471 g/mol. The molecule has 3 N–H and O–H groups in total. The Bertz CT molecular complexity index is 1460. The smallest absolute Gasteiger partial charge is 0.330 e. The van der Waals surface area contributed by atoms with Crippen LogP contribution in [-0.4, -0.2) is 22.6 Å². The van der Waals surface area contributed by atoms with Crippen molar-refractivity contribution in [3.05, 3.63) is 122 Å². The fourth-order valence-corrected chi connectivity index (χ4v) is 3.89. The van der Waals surface area contributed by atoms with Crippen LogP contribution in [0.25, 0.3) is 0 Å². The maximum atomic E-state index is 13.8. The monoisotopic (exact) mass is 470 g/mol. The number of benzene rings is 3. The molecule has 1 aromatic heterocycles. The number of aromatic amines is 1. The van der Waals surface area contributed by atoms with E-state index in [0.29, 0.717) is 11.3 Å². The predicted octanol–water partition coefficient (Wildman–Crippen LogP) is 3.33. The quantitative estimate of drug-likeness (QED) is 0.431. The summed E-state index contributed by atoms with van der Waals surface area (Å²) in [6.45, 7) is 2.09. The lowest BCUT2D eigenvalue weighted by atomic mass is 10.1. The number of carbonyl (C=O) groups is 1. The molecule has 1 amide bonds. The molecular weight excluding hydrogens is 444 g/mol. The Labute approximate surface area is 202 Å². The molecule has 1 heterocycles. The zero-order valence-corrected chi connectivity index (χ0v) is 19.5. The minimum Gasteiger partial charge on any atom is -0.496 e. The van der Waals surface area contributed by atoms with E-state index in [9.17, 15) is 14.4 Å². The van der Waals surface area contributed by atoms with Gasteiger partial charge in [0, 0.05) is 5.56 Å². The molecule has 3 aromatic carbocycles. The summed E-state index contributed by atoms with van der Waals surface area (Å²) in [4.78, 5) is 43.1. The van der Waals surface area contributed by atoms with E-state index in [1.165, 1.54) is 16.6 Å². The van der Waals surface area contributed by atoms with Crippen molar-refractivity contribution in [3.63, 3.8) is 0 Å². The molecule has 4 rings (SSSR count). The first-order chi connectivity index (χ1) is 16.9. The number of anilines is 2. The van der Waals surface area contributed by atoms with Gasteiger partial charge < -0.3 is 10.5 Å². The number of ether oxygens (including phenoxy) is 1. The van der Waals surface area contributed by atoms with Gasteiger partial charge in [-0.2, -0.15) is 0 Å². The minimum absolute atomic E-state index is 0.0761. The van der Waals surface area contributed by atoms with Crippen LogP contribution >= 0.6 is 0 Å². The molecule has 0 aliphatic carbocycles. The molecule has 0 radical (unpaired) electrons. The van der Waals surface area contributed by atoms with Gasteiger partial charge in [0.25, 0.3) is 11.5 Å². The van der Waals surface area contributed by atoms with E-state index in [2.05, 4.69) is 4.98 Å². The van der Waals surface area contributed by atoms with E-state index in [4.69, 9.17) is 10.5 Å². The molecule has 0 aliphatic heterocycles. The van der Waals surface area contributed by atoms with Crippen molar-refractivity contribution in [2.75, 3.05) is 17.7 Å². The zero-order valence-electron chi connectivity index (χ0n) is 19.5. The molecule has 4 aromatic rings. The van der Waals surface area contributed by atoms with Gasteiger partial charge in [0.2, 0.25) is 0 Å². The van der Waals surface area contributed by atoms with Crippen molar-refractivity contribution < 1.29 is 9.53 Å². The van der Waals surface area contributed by atoms with Gasteiger partial charge in [-0.25, -0.2) is 4.79 Å². The Balaban J connectivity index is 1.86. The van der Waals surface area contributed by atoms with E-state index in [1.807, 2.05) is 67.6 Å². The van der Waals surface area contributed by atoms with E-state index >= 15 is 0 Å². The Morgan fingerprint density at radius 1 is 0.971 bits per heavy atom.